The minimum absolute atomic E-state index is 0.0866. The Morgan fingerprint density at radius 3 is 1.77 bits per heavy atom. The second-order valence-corrected chi connectivity index (χ2v) is 9.79. The van der Waals surface area contributed by atoms with Gasteiger partial charge in [-0.1, -0.05) is 106 Å². The molecule has 0 atom stereocenters. The number of aliphatic carboxylic acids is 1. The van der Waals surface area contributed by atoms with Crippen LogP contribution < -0.4 is 5.32 Å². The largest absolute Gasteiger partial charge is 0.481 e. The van der Waals surface area contributed by atoms with E-state index in [0.29, 0.717) is 0 Å². The molecular weight excluding hydrogens is 454 g/mol. The molecule has 0 radical (unpaired) electrons. The molecule has 0 amide bonds. The number of nitrogens with one attached hydrogen (secondary N) is 1. The maximum atomic E-state index is 10.7. The minimum atomic E-state index is -0.787. The molecule has 0 bridgehead atoms. The summed E-state index contributed by atoms with van der Waals surface area (Å²) in [5.74, 6) is 5.69. The van der Waals surface area contributed by atoms with Crippen molar-refractivity contribution in [1.29, 1.82) is 0 Å². The lowest BCUT2D eigenvalue weighted by atomic mass is 10.0. The third-order valence-electron chi connectivity index (χ3n) is 6.19. The van der Waals surface area contributed by atoms with E-state index in [1.165, 1.54) is 83.5 Å². The van der Waals surface area contributed by atoms with Gasteiger partial charge in [-0.15, -0.1) is 0 Å². The normalized spacial score (nSPS) is 10.5. The molecule has 2 aromatic rings. The fourth-order valence-electron chi connectivity index (χ4n) is 4.13. The molecule has 0 spiro atoms. The number of hydrogen-bond donors (Lipinski definition) is 2. The van der Waals surface area contributed by atoms with Crippen molar-refractivity contribution in [2.45, 2.75) is 96.3 Å². The Morgan fingerprint density at radius 2 is 1.23 bits per heavy atom. The number of halogens is 1. The quantitative estimate of drug-likeness (QED) is 0.160. The molecule has 0 saturated carbocycles. The number of unbranched alkanes of at least 4 members (excludes halogenated alkanes) is 13. The van der Waals surface area contributed by atoms with Gasteiger partial charge in [0, 0.05) is 29.2 Å². The van der Waals surface area contributed by atoms with Crippen LogP contribution in [0.25, 0.3) is 0 Å². The first kappa shape index (κ1) is 28.8. The van der Waals surface area contributed by atoms with Gasteiger partial charge in [0.15, 0.2) is 0 Å². The highest BCUT2D eigenvalue weighted by atomic mass is 35.5. The Kier molecular flexibility index (Phi) is 15.5. The molecule has 0 aliphatic carbocycles. The Morgan fingerprint density at radius 1 is 0.714 bits per heavy atom. The molecule has 190 valence electrons. The lowest BCUT2D eigenvalue weighted by molar-refractivity contribution is -0.136. The van der Waals surface area contributed by atoms with Crippen molar-refractivity contribution in [1.82, 2.24) is 0 Å². The van der Waals surface area contributed by atoms with Gasteiger partial charge in [0.2, 0.25) is 0 Å². The van der Waals surface area contributed by atoms with Crippen LogP contribution >= 0.6 is 11.6 Å². The van der Waals surface area contributed by atoms with Crippen molar-refractivity contribution in [3.05, 3.63) is 64.7 Å². The topological polar surface area (TPSA) is 49.3 Å². The van der Waals surface area contributed by atoms with Crippen LogP contribution in [0.15, 0.2) is 48.5 Å². The smallest absolute Gasteiger partial charge is 0.307 e. The van der Waals surface area contributed by atoms with Crippen molar-refractivity contribution in [3.63, 3.8) is 0 Å². The monoisotopic (exact) mass is 495 g/mol. The van der Waals surface area contributed by atoms with Crippen LogP contribution in [0, 0.1) is 11.8 Å². The summed E-state index contributed by atoms with van der Waals surface area (Å²) in [6.07, 6.45) is 18.3. The number of rotatable bonds is 18. The van der Waals surface area contributed by atoms with Crippen molar-refractivity contribution < 1.29 is 9.90 Å². The van der Waals surface area contributed by atoms with Crippen molar-refractivity contribution in [3.8, 4) is 11.8 Å². The summed E-state index contributed by atoms with van der Waals surface area (Å²) in [6, 6.07) is 15.4. The molecule has 2 rings (SSSR count). The SMILES string of the molecule is O=C(O)Cc1ccc(NCCCCCCCCCCCCCCCC#Cc2ccc(Cl)cc2)cc1. The van der Waals surface area contributed by atoms with E-state index in [2.05, 4.69) is 17.2 Å². The van der Waals surface area contributed by atoms with Crippen molar-refractivity contribution in [2.24, 2.45) is 0 Å². The summed E-state index contributed by atoms with van der Waals surface area (Å²) in [5.41, 5.74) is 2.96. The second kappa shape index (κ2) is 18.8. The Hall–Kier alpha value is -2.44. The summed E-state index contributed by atoms with van der Waals surface area (Å²) in [5, 5.41) is 13.0. The highest BCUT2D eigenvalue weighted by molar-refractivity contribution is 6.30. The van der Waals surface area contributed by atoms with Gasteiger partial charge in [-0.05, 0) is 54.8 Å². The van der Waals surface area contributed by atoms with Crippen LogP contribution in [0.4, 0.5) is 5.69 Å². The predicted molar refractivity (Wildman–Crippen MR) is 149 cm³/mol. The van der Waals surface area contributed by atoms with E-state index < -0.39 is 5.97 Å². The molecule has 2 N–H and O–H groups in total. The minimum Gasteiger partial charge on any atom is -0.481 e. The molecule has 0 unspecified atom stereocenters. The zero-order chi connectivity index (χ0) is 25.0. The first-order chi connectivity index (χ1) is 17.1. The van der Waals surface area contributed by atoms with Gasteiger partial charge < -0.3 is 10.4 Å². The molecule has 0 aromatic heterocycles. The number of carboxylic acids is 1. The van der Waals surface area contributed by atoms with Gasteiger partial charge in [-0.25, -0.2) is 0 Å². The molecule has 0 saturated heterocycles. The standard InChI is InChI=1S/C31H42ClNO2/c32-29-21-17-27(18-22-29)16-14-12-10-8-6-4-2-1-3-5-7-9-11-13-15-25-33-30-23-19-28(20-24-30)26-31(34)35/h17-24,33H,1-13,15,25-26H2,(H,34,35). The average molecular weight is 496 g/mol. The molecule has 2 aromatic carbocycles. The van der Waals surface area contributed by atoms with E-state index in [1.807, 2.05) is 48.5 Å². The fraction of sp³-hybridized carbons (Fsp3) is 0.516. The highest BCUT2D eigenvalue weighted by Crippen LogP contribution is 2.14. The van der Waals surface area contributed by atoms with Crippen LogP contribution in [0.1, 0.15) is 101 Å². The van der Waals surface area contributed by atoms with Gasteiger partial charge >= 0.3 is 5.97 Å². The molecule has 4 heteroatoms. The van der Waals surface area contributed by atoms with E-state index >= 15 is 0 Å². The van der Waals surface area contributed by atoms with Crippen molar-refractivity contribution >= 4 is 23.3 Å². The van der Waals surface area contributed by atoms with E-state index in [4.69, 9.17) is 16.7 Å². The maximum Gasteiger partial charge on any atom is 0.307 e. The molecule has 0 heterocycles. The number of hydrogen-bond acceptors (Lipinski definition) is 2. The van der Waals surface area contributed by atoms with E-state index in [0.717, 1.165) is 34.8 Å². The fourth-order valence-corrected chi connectivity index (χ4v) is 4.25. The van der Waals surface area contributed by atoms with Crippen LogP contribution in [-0.4, -0.2) is 17.6 Å². The zero-order valence-corrected chi connectivity index (χ0v) is 21.9. The predicted octanol–water partition coefficient (Wildman–Crippen LogP) is 8.89. The van der Waals surface area contributed by atoms with Crippen LogP contribution in [0.5, 0.6) is 0 Å². The van der Waals surface area contributed by atoms with Gasteiger partial charge in [0.25, 0.3) is 0 Å². The van der Waals surface area contributed by atoms with Crippen LogP contribution in [0.3, 0.4) is 0 Å². The third kappa shape index (κ3) is 15.2. The van der Waals surface area contributed by atoms with Gasteiger partial charge in [-0.3, -0.25) is 4.79 Å². The Balaban J connectivity index is 1.30. The molecule has 0 aliphatic heterocycles. The molecule has 35 heavy (non-hydrogen) atoms. The molecule has 3 nitrogen and oxygen atoms in total. The molecule has 0 fully saturated rings. The molecular formula is C31H42ClNO2. The Labute approximate surface area is 217 Å². The van der Waals surface area contributed by atoms with Crippen LogP contribution in [-0.2, 0) is 11.2 Å². The maximum absolute atomic E-state index is 10.7. The second-order valence-electron chi connectivity index (χ2n) is 9.35. The summed E-state index contributed by atoms with van der Waals surface area (Å²) < 4.78 is 0. The lowest BCUT2D eigenvalue weighted by Crippen LogP contribution is -2.03. The van der Waals surface area contributed by atoms with E-state index in [9.17, 15) is 4.79 Å². The molecule has 0 aliphatic rings. The summed E-state index contributed by atoms with van der Waals surface area (Å²) in [4.78, 5) is 10.7. The third-order valence-corrected chi connectivity index (χ3v) is 6.45. The summed E-state index contributed by atoms with van der Waals surface area (Å²) >= 11 is 5.89. The van der Waals surface area contributed by atoms with Gasteiger partial charge in [0.1, 0.15) is 0 Å². The first-order valence-electron chi connectivity index (χ1n) is 13.4. The van der Waals surface area contributed by atoms with Crippen LogP contribution in [0.2, 0.25) is 5.02 Å². The zero-order valence-electron chi connectivity index (χ0n) is 21.2. The van der Waals surface area contributed by atoms with E-state index in [1.54, 1.807) is 0 Å². The number of benzene rings is 2. The van der Waals surface area contributed by atoms with Gasteiger partial charge in [0.05, 0.1) is 6.42 Å². The Bertz CT molecular complexity index is 881. The number of carbonyl (C=O) groups is 1. The summed E-state index contributed by atoms with van der Waals surface area (Å²) in [6.45, 7) is 0.979. The first-order valence-corrected chi connectivity index (χ1v) is 13.8. The van der Waals surface area contributed by atoms with E-state index in [-0.39, 0.29) is 6.42 Å². The lowest BCUT2D eigenvalue weighted by Gasteiger charge is -2.07. The number of anilines is 1. The average Bonchev–Trinajstić information content (AvgIpc) is 2.85. The van der Waals surface area contributed by atoms with Gasteiger partial charge in [-0.2, -0.15) is 0 Å². The number of carboxylic acid groups (broad SMARTS) is 1. The summed E-state index contributed by atoms with van der Waals surface area (Å²) in [7, 11) is 0. The van der Waals surface area contributed by atoms with Crippen molar-refractivity contribution in [2.75, 3.05) is 11.9 Å². The highest BCUT2D eigenvalue weighted by Gasteiger charge is 2.00.